The molecule has 26 heavy (non-hydrogen) atoms. The summed E-state index contributed by atoms with van der Waals surface area (Å²) in [5, 5.41) is 11.0. The first-order valence-electron chi connectivity index (χ1n) is 8.37. The molecule has 1 N–H and O–H groups in total. The van der Waals surface area contributed by atoms with Gasteiger partial charge in [-0.15, -0.1) is 10.2 Å². The molecule has 0 atom stereocenters. The fraction of sp³-hybridized carbons (Fsp3) is 0.150. The van der Waals surface area contributed by atoms with Gasteiger partial charge in [0.25, 0.3) is 5.91 Å². The van der Waals surface area contributed by atoms with Crippen LogP contribution in [0, 0.1) is 5.82 Å². The first-order valence-corrected chi connectivity index (χ1v) is 8.37. The second-order valence-corrected chi connectivity index (χ2v) is 5.63. The molecule has 1 aromatic heterocycles. The van der Waals surface area contributed by atoms with Gasteiger partial charge in [0.2, 0.25) is 0 Å². The van der Waals surface area contributed by atoms with E-state index in [0.717, 1.165) is 5.69 Å². The van der Waals surface area contributed by atoms with E-state index in [1.54, 1.807) is 35.2 Å². The number of para-hydroxylation sites is 1. The third-order valence-electron chi connectivity index (χ3n) is 3.93. The Kier molecular flexibility index (Phi) is 5.53. The zero-order valence-electron chi connectivity index (χ0n) is 14.4. The van der Waals surface area contributed by atoms with E-state index in [-0.39, 0.29) is 17.4 Å². The highest BCUT2D eigenvalue weighted by Gasteiger charge is 2.17. The van der Waals surface area contributed by atoms with Gasteiger partial charge in [-0.1, -0.05) is 36.4 Å². The van der Waals surface area contributed by atoms with Gasteiger partial charge in [-0.05, 0) is 37.3 Å². The number of aromatic nitrogens is 2. The van der Waals surface area contributed by atoms with Gasteiger partial charge in [0.1, 0.15) is 11.6 Å². The van der Waals surface area contributed by atoms with Crippen LogP contribution in [0.2, 0.25) is 0 Å². The molecule has 1 heterocycles. The maximum atomic E-state index is 13.6. The van der Waals surface area contributed by atoms with Gasteiger partial charge >= 0.3 is 0 Å². The molecule has 0 unspecified atom stereocenters. The highest BCUT2D eigenvalue weighted by molar-refractivity contribution is 6.04. The van der Waals surface area contributed by atoms with Crippen molar-refractivity contribution in [3.63, 3.8) is 0 Å². The summed E-state index contributed by atoms with van der Waals surface area (Å²) in [5.74, 6) is -0.0133. The molecule has 0 radical (unpaired) electrons. The fourth-order valence-corrected chi connectivity index (χ4v) is 2.56. The van der Waals surface area contributed by atoms with E-state index in [1.807, 2.05) is 37.3 Å². The van der Waals surface area contributed by atoms with Crippen LogP contribution in [-0.2, 0) is 6.54 Å². The van der Waals surface area contributed by atoms with Crippen LogP contribution in [0.15, 0.2) is 66.7 Å². The van der Waals surface area contributed by atoms with Crippen LogP contribution < -0.4 is 10.2 Å². The number of nitrogens with zero attached hydrogens (tertiary/aromatic N) is 3. The minimum absolute atomic E-state index is 0.216. The summed E-state index contributed by atoms with van der Waals surface area (Å²) in [4.78, 5) is 14.3. The number of hydrogen-bond acceptors (Lipinski definition) is 4. The topological polar surface area (TPSA) is 58.1 Å². The van der Waals surface area contributed by atoms with Crippen molar-refractivity contribution in [1.29, 1.82) is 0 Å². The number of rotatable bonds is 6. The van der Waals surface area contributed by atoms with Crippen molar-refractivity contribution in [2.45, 2.75) is 13.5 Å². The monoisotopic (exact) mass is 350 g/mol. The molecule has 0 fully saturated rings. The number of nitrogens with one attached hydrogen (secondary N) is 1. The zero-order chi connectivity index (χ0) is 18.4. The van der Waals surface area contributed by atoms with Gasteiger partial charge in [0.15, 0.2) is 5.69 Å². The molecule has 1 amide bonds. The quantitative estimate of drug-likeness (QED) is 0.733. The predicted molar refractivity (Wildman–Crippen MR) is 99.6 cm³/mol. The Morgan fingerprint density at radius 1 is 1.00 bits per heavy atom. The van der Waals surface area contributed by atoms with Crippen LogP contribution in [0.1, 0.15) is 23.0 Å². The summed E-state index contributed by atoms with van der Waals surface area (Å²) in [5.41, 5.74) is 1.60. The second kappa shape index (κ2) is 8.20. The molecule has 5 nitrogen and oxygen atoms in total. The first kappa shape index (κ1) is 17.5. The summed E-state index contributed by atoms with van der Waals surface area (Å²) in [6.07, 6.45) is 0. The highest BCUT2D eigenvalue weighted by Crippen LogP contribution is 2.16. The Balaban J connectivity index is 1.68. The smallest absolute Gasteiger partial charge is 0.278 e. The molecule has 0 saturated heterocycles. The van der Waals surface area contributed by atoms with Gasteiger partial charge in [0, 0.05) is 24.3 Å². The molecule has 132 valence electrons. The van der Waals surface area contributed by atoms with Crippen LogP contribution in [-0.4, -0.2) is 22.6 Å². The Bertz CT molecular complexity index is 868. The van der Waals surface area contributed by atoms with E-state index in [1.165, 1.54) is 6.07 Å². The van der Waals surface area contributed by atoms with Crippen LogP contribution in [0.3, 0.4) is 0 Å². The number of amides is 1. The molecule has 0 aliphatic carbocycles. The summed E-state index contributed by atoms with van der Waals surface area (Å²) in [7, 11) is 0. The van der Waals surface area contributed by atoms with Gasteiger partial charge in [-0.3, -0.25) is 4.79 Å². The average Bonchev–Trinajstić information content (AvgIpc) is 2.69. The van der Waals surface area contributed by atoms with Crippen LogP contribution in [0.4, 0.5) is 15.9 Å². The van der Waals surface area contributed by atoms with Gasteiger partial charge in [-0.2, -0.15) is 0 Å². The standard InChI is InChI=1S/C20H19FN4O/c1-2-25(16-9-4-3-5-10-16)20(26)18-12-13-19(24-23-18)22-14-15-8-6-7-11-17(15)21/h3-13H,2,14H2,1H3,(H,22,24). The maximum Gasteiger partial charge on any atom is 0.278 e. The Hall–Kier alpha value is -3.28. The van der Waals surface area contributed by atoms with Gasteiger partial charge < -0.3 is 10.2 Å². The van der Waals surface area contributed by atoms with E-state index in [0.29, 0.717) is 24.5 Å². The molecule has 6 heteroatoms. The minimum atomic E-state index is -0.277. The van der Waals surface area contributed by atoms with E-state index in [2.05, 4.69) is 15.5 Å². The summed E-state index contributed by atoms with van der Waals surface area (Å²) >= 11 is 0. The molecule has 0 aliphatic rings. The Morgan fingerprint density at radius 2 is 1.73 bits per heavy atom. The molecule has 0 aliphatic heterocycles. The molecule has 3 aromatic rings. The number of anilines is 2. The van der Waals surface area contributed by atoms with Crippen molar-refractivity contribution >= 4 is 17.4 Å². The van der Waals surface area contributed by atoms with Gasteiger partial charge in [0.05, 0.1) is 0 Å². The lowest BCUT2D eigenvalue weighted by molar-refractivity contribution is 0.0982. The fourth-order valence-electron chi connectivity index (χ4n) is 2.56. The number of benzene rings is 2. The SMILES string of the molecule is CCN(C(=O)c1ccc(NCc2ccccc2F)nn1)c1ccccc1. The second-order valence-electron chi connectivity index (χ2n) is 5.63. The van der Waals surface area contributed by atoms with Crippen molar-refractivity contribution in [2.24, 2.45) is 0 Å². The van der Waals surface area contributed by atoms with E-state index < -0.39 is 0 Å². The lowest BCUT2D eigenvalue weighted by Gasteiger charge is -2.20. The first-order chi connectivity index (χ1) is 12.7. The molecular formula is C20H19FN4O. The normalized spacial score (nSPS) is 10.4. The average molecular weight is 350 g/mol. The van der Waals surface area contributed by atoms with E-state index >= 15 is 0 Å². The predicted octanol–water partition coefficient (Wildman–Crippen LogP) is 3.89. The van der Waals surface area contributed by atoms with Crippen LogP contribution in [0.5, 0.6) is 0 Å². The molecule has 0 saturated carbocycles. The molecule has 2 aromatic carbocycles. The minimum Gasteiger partial charge on any atom is -0.364 e. The Morgan fingerprint density at radius 3 is 2.38 bits per heavy atom. The largest absolute Gasteiger partial charge is 0.364 e. The number of hydrogen-bond donors (Lipinski definition) is 1. The third kappa shape index (κ3) is 4.03. The lowest BCUT2D eigenvalue weighted by atomic mass is 10.2. The van der Waals surface area contributed by atoms with E-state index in [4.69, 9.17) is 0 Å². The third-order valence-corrected chi connectivity index (χ3v) is 3.93. The summed E-state index contributed by atoms with van der Waals surface area (Å²) in [6.45, 7) is 2.72. The molecule has 3 rings (SSSR count). The number of carbonyl (C=O) groups excluding carboxylic acids is 1. The lowest BCUT2D eigenvalue weighted by Crippen LogP contribution is -2.31. The molecular weight excluding hydrogens is 331 g/mol. The molecule has 0 bridgehead atoms. The summed E-state index contributed by atoms with van der Waals surface area (Å²) in [6, 6.07) is 19.2. The highest BCUT2D eigenvalue weighted by atomic mass is 19.1. The Labute approximate surface area is 151 Å². The van der Waals surface area contributed by atoms with Crippen LogP contribution >= 0.6 is 0 Å². The van der Waals surface area contributed by atoms with Gasteiger partial charge in [-0.25, -0.2) is 4.39 Å². The number of halogens is 1. The molecule has 0 spiro atoms. The van der Waals surface area contributed by atoms with Crippen molar-refractivity contribution in [3.8, 4) is 0 Å². The van der Waals surface area contributed by atoms with Crippen LogP contribution in [0.25, 0.3) is 0 Å². The van der Waals surface area contributed by atoms with E-state index in [9.17, 15) is 9.18 Å². The number of carbonyl (C=O) groups is 1. The van der Waals surface area contributed by atoms with Crippen molar-refractivity contribution in [1.82, 2.24) is 10.2 Å². The summed E-state index contributed by atoms with van der Waals surface area (Å²) < 4.78 is 13.6. The van der Waals surface area contributed by atoms with Crippen molar-refractivity contribution in [2.75, 3.05) is 16.8 Å². The maximum absolute atomic E-state index is 13.6. The van der Waals surface area contributed by atoms with Crippen molar-refractivity contribution < 1.29 is 9.18 Å². The van der Waals surface area contributed by atoms with Crippen molar-refractivity contribution in [3.05, 3.63) is 83.8 Å². The zero-order valence-corrected chi connectivity index (χ0v) is 14.4.